The van der Waals surface area contributed by atoms with Gasteiger partial charge in [0.25, 0.3) is 5.91 Å². The Balaban J connectivity index is 1.73. The number of rotatable bonds is 10. The zero-order chi connectivity index (χ0) is 22.1. The molecule has 3 rings (SSSR count). The van der Waals surface area contributed by atoms with Gasteiger partial charge in [0.2, 0.25) is 5.91 Å². The van der Waals surface area contributed by atoms with Gasteiger partial charge in [-0.05, 0) is 38.7 Å². The molecule has 164 valence electrons. The third-order valence-electron chi connectivity index (χ3n) is 5.71. The van der Waals surface area contributed by atoms with Crippen LogP contribution in [0.2, 0.25) is 25.7 Å². The van der Waals surface area contributed by atoms with E-state index in [9.17, 15) is 9.59 Å². The maximum absolute atomic E-state index is 13.0. The van der Waals surface area contributed by atoms with Crippen molar-refractivity contribution in [1.82, 2.24) is 20.3 Å². The zero-order valence-corrected chi connectivity index (χ0v) is 19.5. The largest absolute Gasteiger partial charge is 0.375 e. The van der Waals surface area contributed by atoms with Crippen molar-refractivity contribution in [3.8, 4) is 0 Å². The predicted molar refractivity (Wildman–Crippen MR) is 119 cm³/mol. The standard InChI is InChI=1S/C21H33N5O3Si/c1-21(2,20(22)28)17(13-6-7-13)26-19(27)15-11-24-18-16(15)25-14(10-23-18)12-29-8-9-30(3,4)5/h10-11,13,17H,6-9,12H2,1-5H3,(H2,22,28)(H,23,24)(H,26,27). The van der Waals surface area contributed by atoms with Gasteiger partial charge >= 0.3 is 0 Å². The van der Waals surface area contributed by atoms with Crippen LogP contribution in [-0.4, -0.2) is 47.5 Å². The second kappa shape index (κ2) is 8.47. The number of amides is 2. The minimum absolute atomic E-state index is 0.267. The van der Waals surface area contributed by atoms with E-state index in [4.69, 9.17) is 10.5 Å². The van der Waals surface area contributed by atoms with Gasteiger partial charge in [-0.1, -0.05) is 19.6 Å². The van der Waals surface area contributed by atoms with Crippen molar-refractivity contribution in [3.05, 3.63) is 23.7 Å². The molecule has 0 bridgehead atoms. The molecule has 2 aromatic heterocycles. The maximum atomic E-state index is 13.0. The quantitative estimate of drug-likeness (QED) is 0.394. The lowest BCUT2D eigenvalue weighted by Gasteiger charge is -2.32. The molecule has 8 nitrogen and oxygen atoms in total. The van der Waals surface area contributed by atoms with E-state index in [0.29, 0.717) is 35.6 Å². The average molecular weight is 432 g/mol. The fraction of sp³-hybridized carbons (Fsp3) is 0.619. The number of nitrogens with zero attached hydrogens (tertiary/aromatic N) is 2. The Morgan fingerprint density at radius 2 is 2.07 bits per heavy atom. The molecule has 0 aliphatic heterocycles. The molecule has 2 heterocycles. The Labute approximate surface area is 178 Å². The van der Waals surface area contributed by atoms with E-state index in [0.717, 1.165) is 18.9 Å². The van der Waals surface area contributed by atoms with Crippen molar-refractivity contribution in [3.63, 3.8) is 0 Å². The fourth-order valence-corrected chi connectivity index (χ4v) is 4.17. The van der Waals surface area contributed by atoms with Crippen molar-refractivity contribution in [2.45, 2.75) is 65.0 Å². The number of hydrogen-bond acceptors (Lipinski definition) is 5. The second-order valence-corrected chi connectivity index (χ2v) is 15.6. The molecule has 0 radical (unpaired) electrons. The number of aromatic nitrogens is 3. The van der Waals surface area contributed by atoms with Gasteiger partial charge in [-0.3, -0.25) is 9.59 Å². The molecule has 0 spiro atoms. The summed E-state index contributed by atoms with van der Waals surface area (Å²) in [5.41, 5.74) is 6.91. The summed E-state index contributed by atoms with van der Waals surface area (Å²) in [6.07, 6.45) is 5.23. The maximum Gasteiger partial charge on any atom is 0.255 e. The van der Waals surface area contributed by atoms with Crippen LogP contribution in [0.5, 0.6) is 0 Å². The molecule has 9 heteroatoms. The zero-order valence-electron chi connectivity index (χ0n) is 18.5. The Hall–Kier alpha value is -2.26. The summed E-state index contributed by atoms with van der Waals surface area (Å²) in [4.78, 5) is 36.9. The SMILES string of the molecule is CC(C)(C(N)=O)C(NC(=O)c1c[nH]c2ncc(COCC[Si](C)(C)C)nc12)C1CC1. The summed E-state index contributed by atoms with van der Waals surface area (Å²) >= 11 is 0. The van der Waals surface area contributed by atoms with Crippen LogP contribution >= 0.6 is 0 Å². The van der Waals surface area contributed by atoms with E-state index in [1.807, 2.05) is 0 Å². The van der Waals surface area contributed by atoms with Gasteiger partial charge in [0.05, 0.1) is 29.5 Å². The van der Waals surface area contributed by atoms with Gasteiger partial charge < -0.3 is 20.8 Å². The monoisotopic (exact) mass is 431 g/mol. The van der Waals surface area contributed by atoms with Gasteiger partial charge in [0, 0.05) is 26.9 Å². The molecule has 0 aromatic carbocycles. The Morgan fingerprint density at radius 3 is 2.67 bits per heavy atom. The van der Waals surface area contributed by atoms with Crippen molar-refractivity contribution in [2.24, 2.45) is 17.1 Å². The number of primary amides is 1. The second-order valence-electron chi connectivity index (χ2n) is 10.00. The van der Waals surface area contributed by atoms with Gasteiger partial charge in [0.15, 0.2) is 5.65 Å². The number of hydrogen-bond donors (Lipinski definition) is 3. The molecule has 1 atom stereocenters. The summed E-state index contributed by atoms with van der Waals surface area (Å²) in [5.74, 6) is -0.433. The van der Waals surface area contributed by atoms with E-state index in [1.54, 1.807) is 26.2 Å². The minimum atomic E-state index is -1.15. The molecule has 2 aromatic rings. The Morgan fingerprint density at radius 1 is 1.37 bits per heavy atom. The van der Waals surface area contributed by atoms with E-state index >= 15 is 0 Å². The van der Waals surface area contributed by atoms with Crippen LogP contribution in [-0.2, 0) is 16.1 Å². The van der Waals surface area contributed by atoms with Crippen molar-refractivity contribution in [1.29, 1.82) is 0 Å². The third kappa shape index (κ3) is 5.26. The number of nitrogens with one attached hydrogen (secondary N) is 2. The van der Waals surface area contributed by atoms with E-state index < -0.39 is 19.4 Å². The average Bonchev–Trinajstić information content (AvgIpc) is 3.40. The number of aromatic amines is 1. The molecule has 1 aliphatic carbocycles. The molecular formula is C21H33N5O3Si. The molecule has 1 aliphatic rings. The van der Waals surface area contributed by atoms with Gasteiger partial charge in [-0.25, -0.2) is 9.97 Å². The molecule has 4 N–H and O–H groups in total. The normalized spacial score (nSPS) is 15.9. The fourth-order valence-electron chi connectivity index (χ4n) is 3.41. The number of fused-ring (bicyclic) bond motifs is 1. The minimum Gasteiger partial charge on any atom is -0.375 e. The first-order valence-electron chi connectivity index (χ1n) is 10.5. The summed E-state index contributed by atoms with van der Waals surface area (Å²) in [7, 11) is -1.15. The van der Waals surface area contributed by atoms with Crippen LogP contribution in [0.15, 0.2) is 12.4 Å². The molecule has 30 heavy (non-hydrogen) atoms. The lowest BCUT2D eigenvalue weighted by molar-refractivity contribution is -0.127. The van der Waals surface area contributed by atoms with Gasteiger partial charge in [-0.2, -0.15) is 0 Å². The Bertz CT molecular complexity index is 930. The van der Waals surface area contributed by atoms with Crippen molar-refractivity contribution >= 4 is 31.1 Å². The molecule has 1 unspecified atom stereocenters. The molecule has 1 fully saturated rings. The first-order chi connectivity index (χ1) is 14.0. The smallest absolute Gasteiger partial charge is 0.255 e. The van der Waals surface area contributed by atoms with E-state index in [2.05, 4.69) is 39.9 Å². The lowest BCUT2D eigenvalue weighted by atomic mass is 9.80. The molecule has 1 saturated carbocycles. The first kappa shape index (κ1) is 22.4. The highest BCUT2D eigenvalue weighted by atomic mass is 28.3. The van der Waals surface area contributed by atoms with Crippen LogP contribution in [0, 0.1) is 11.3 Å². The number of H-pyrrole nitrogens is 1. The van der Waals surface area contributed by atoms with Crippen molar-refractivity contribution in [2.75, 3.05) is 6.61 Å². The topological polar surface area (TPSA) is 123 Å². The van der Waals surface area contributed by atoms with Crippen LogP contribution in [0.1, 0.15) is 42.7 Å². The third-order valence-corrected chi connectivity index (χ3v) is 7.42. The Kier molecular flexibility index (Phi) is 6.33. The molecular weight excluding hydrogens is 398 g/mol. The number of nitrogens with two attached hydrogens (primary N) is 1. The van der Waals surface area contributed by atoms with Gasteiger partial charge in [0.1, 0.15) is 5.52 Å². The van der Waals surface area contributed by atoms with Crippen LogP contribution in [0.3, 0.4) is 0 Å². The lowest BCUT2D eigenvalue weighted by Crippen LogP contribution is -2.52. The predicted octanol–water partition coefficient (Wildman–Crippen LogP) is 2.83. The number of carbonyl (C=O) groups excluding carboxylic acids is 2. The summed E-state index contributed by atoms with van der Waals surface area (Å²) < 4.78 is 5.77. The van der Waals surface area contributed by atoms with E-state index in [1.165, 1.54) is 0 Å². The summed E-state index contributed by atoms with van der Waals surface area (Å²) in [6, 6.07) is 0.770. The van der Waals surface area contributed by atoms with Crippen LogP contribution in [0.25, 0.3) is 11.2 Å². The first-order valence-corrected chi connectivity index (χ1v) is 14.2. The molecule has 2 amide bonds. The van der Waals surface area contributed by atoms with Crippen LogP contribution < -0.4 is 11.1 Å². The number of carbonyl (C=O) groups is 2. The summed E-state index contributed by atoms with van der Waals surface area (Å²) in [6.45, 7) is 11.5. The summed E-state index contributed by atoms with van der Waals surface area (Å²) in [5, 5.41) is 3.03. The highest BCUT2D eigenvalue weighted by Crippen LogP contribution is 2.40. The van der Waals surface area contributed by atoms with E-state index in [-0.39, 0.29) is 17.9 Å². The highest BCUT2D eigenvalue weighted by Gasteiger charge is 2.45. The molecule has 0 saturated heterocycles. The van der Waals surface area contributed by atoms with Crippen LogP contribution in [0.4, 0.5) is 0 Å². The van der Waals surface area contributed by atoms with Gasteiger partial charge in [-0.15, -0.1) is 0 Å². The van der Waals surface area contributed by atoms with Crippen molar-refractivity contribution < 1.29 is 14.3 Å². The highest BCUT2D eigenvalue weighted by molar-refractivity contribution is 6.76. The number of ether oxygens (including phenoxy) is 1.